The fourth-order valence-corrected chi connectivity index (χ4v) is 2.16. The summed E-state index contributed by atoms with van der Waals surface area (Å²) >= 11 is 0. The van der Waals surface area contributed by atoms with Gasteiger partial charge >= 0.3 is 5.97 Å². The molecule has 0 atom stereocenters. The molecule has 1 N–H and O–H groups in total. The van der Waals surface area contributed by atoms with Crippen molar-refractivity contribution in [1.29, 1.82) is 0 Å². The Morgan fingerprint density at radius 1 is 1.30 bits per heavy atom. The largest absolute Gasteiger partial charge is 0.480 e. The number of rotatable bonds is 3. The Hall–Kier alpha value is -2.10. The lowest BCUT2D eigenvalue weighted by atomic mass is 9.94. The molecule has 0 radical (unpaired) electrons. The number of amides is 1. The smallest absolute Gasteiger partial charge is 0.329 e. The molecule has 0 saturated heterocycles. The summed E-state index contributed by atoms with van der Waals surface area (Å²) in [7, 11) is 1.52. The number of benzene rings is 1. The number of likely N-dealkylation sites (N-methyl/N-ethyl adjacent to an activating group) is 1. The Morgan fingerprint density at radius 2 is 2.00 bits per heavy atom. The van der Waals surface area contributed by atoms with Crippen LogP contribution < -0.4 is 0 Å². The molecule has 0 spiro atoms. The van der Waals surface area contributed by atoms with Crippen LogP contribution in [-0.4, -0.2) is 34.5 Å². The molecule has 106 valence electrons. The molecule has 1 aromatic rings. The lowest BCUT2D eigenvalue weighted by Crippen LogP contribution is -2.50. The number of fused-ring (bicyclic) bond motifs is 1. The Balaban J connectivity index is 2.30. The number of aliphatic carboxylic acids is 1. The molecule has 4 heteroatoms. The van der Waals surface area contributed by atoms with Gasteiger partial charge in [0.25, 0.3) is 5.91 Å². The molecular formula is C16H19NO3. The molecule has 1 aliphatic rings. The van der Waals surface area contributed by atoms with E-state index in [4.69, 9.17) is 0 Å². The van der Waals surface area contributed by atoms with Crippen LogP contribution in [0.25, 0.3) is 6.08 Å². The topological polar surface area (TPSA) is 57.6 Å². The minimum absolute atomic E-state index is 0.269. The number of carboxylic acids is 1. The average Bonchev–Trinajstić information content (AvgIpc) is 2.44. The van der Waals surface area contributed by atoms with E-state index in [1.165, 1.54) is 25.8 Å². The number of carboxylic acid groups (broad SMARTS) is 1. The number of aryl methyl sites for hydroxylation is 1. The van der Waals surface area contributed by atoms with Crippen LogP contribution >= 0.6 is 0 Å². The molecular weight excluding hydrogens is 254 g/mol. The highest BCUT2D eigenvalue weighted by Gasteiger charge is 2.35. The van der Waals surface area contributed by atoms with Crippen LogP contribution in [0.1, 0.15) is 41.8 Å². The van der Waals surface area contributed by atoms with E-state index in [-0.39, 0.29) is 5.91 Å². The van der Waals surface area contributed by atoms with E-state index in [9.17, 15) is 14.7 Å². The van der Waals surface area contributed by atoms with Gasteiger partial charge in [-0.1, -0.05) is 18.2 Å². The van der Waals surface area contributed by atoms with Crippen molar-refractivity contribution < 1.29 is 14.7 Å². The van der Waals surface area contributed by atoms with Gasteiger partial charge in [0, 0.05) is 12.6 Å². The first-order valence-corrected chi connectivity index (χ1v) is 6.65. The van der Waals surface area contributed by atoms with Gasteiger partial charge in [0.1, 0.15) is 5.54 Å². The molecule has 0 bridgehead atoms. The molecule has 0 aliphatic heterocycles. The van der Waals surface area contributed by atoms with Crippen molar-refractivity contribution >= 4 is 18.0 Å². The van der Waals surface area contributed by atoms with E-state index in [1.807, 2.05) is 12.1 Å². The Kier molecular flexibility index (Phi) is 3.66. The van der Waals surface area contributed by atoms with Crippen molar-refractivity contribution in [2.24, 2.45) is 0 Å². The molecule has 1 aromatic carbocycles. The molecule has 0 fully saturated rings. The second kappa shape index (κ2) is 5.12. The number of hydrogen-bond acceptors (Lipinski definition) is 2. The average molecular weight is 273 g/mol. The zero-order valence-electron chi connectivity index (χ0n) is 12.0. The van der Waals surface area contributed by atoms with Crippen molar-refractivity contribution in [3.05, 3.63) is 41.0 Å². The number of nitrogens with zero attached hydrogens (tertiary/aromatic N) is 1. The molecule has 0 saturated carbocycles. The van der Waals surface area contributed by atoms with Crippen molar-refractivity contribution in [1.82, 2.24) is 4.90 Å². The standard InChI is InChI=1S/C16H19NO3/c1-16(2,15(19)20)17(3)14(18)13-9-8-11-6-4-5-7-12(11)10-13/h4,6,8-10H,5,7H2,1-3H3,(H,19,20). The van der Waals surface area contributed by atoms with Crippen LogP contribution in [0.3, 0.4) is 0 Å². The second-order valence-electron chi connectivity index (χ2n) is 5.58. The van der Waals surface area contributed by atoms with Crippen LogP contribution in [0.5, 0.6) is 0 Å². The summed E-state index contributed by atoms with van der Waals surface area (Å²) in [5.41, 5.74) is 1.58. The first-order valence-electron chi connectivity index (χ1n) is 6.65. The minimum atomic E-state index is -1.23. The Bertz CT molecular complexity index is 587. The number of allylic oxidation sites excluding steroid dienone is 1. The fourth-order valence-electron chi connectivity index (χ4n) is 2.16. The summed E-state index contributed by atoms with van der Waals surface area (Å²) < 4.78 is 0. The highest BCUT2D eigenvalue weighted by atomic mass is 16.4. The second-order valence-corrected chi connectivity index (χ2v) is 5.58. The summed E-state index contributed by atoms with van der Waals surface area (Å²) in [5.74, 6) is -1.29. The summed E-state index contributed by atoms with van der Waals surface area (Å²) in [6.45, 7) is 3.04. The predicted molar refractivity (Wildman–Crippen MR) is 77.6 cm³/mol. The molecule has 1 aliphatic carbocycles. The molecule has 0 heterocycles. The highest BCUT2D eigenvalue weighted by Crippen LogP contribution is 2.23. The highest BCUT2D eigenvalue weighted by molar-refractivity contribution is 5.97. The molecule has 1 amide bonds. The third-order valence-electron chi connectivity index (χ3n) is 3.93. The first kappa shape index (κ1) is 14.3. The molecule has 20 heavy (non-hydrogen) atoms. The number of carbonyl (C=O) groups excluding carboxylic acids is 1. The lowest BCUT2D eigenvalue weighted by Gasteiger charge is -2.31. The van der Waals surface area contributed by atoms with Crippen LogP contribution in [-0.2, 0) is 11.2 Å². The maximum Gasteiger partial charge on any atom is 0.329 e. The normalized spacial score (nSPS) is 13.8. The van der Waals surface area contributed by atoms with Crippen molar-refractivity contribution in [2.75, 3.05) is 7.05 Å². The van der Waals surface area contributed by atoms with Crippen molar-refractivity contribution in [2.45, 2.75) is 32.2 Å². The van der Waals surface area contributed by atoms with Gasteiger partial charge in [-0.3, -0.25) is 4.79 Å². The van der Waals surface area contributed by atoms with Gasteiger partial charge in [-0.05, 0) is 49.9 Å². The summed E-state index contributed by atoms with van der Waals surface area (Å²) in [6.07, 6.45) is 6.06. The van der Waals surface area contributed by atoms with Gasteiger partial charge < -0.3 is 10.0 Å². The molecule has 4 nitrogen and oxygen atoms in total. The number of carbonyl (C=O) groups is 2. The molecule has 2 rings (SSSR count). The third-order valence-corrected chi connectivity index (χ3v) is 3.93. The Labute approximate surface area is 118 Å². The summed E-state index contributed by atoms with van der Waals surface area (Å²) in [6, 6.07) is 5.54. The van der Waals surface area contributed by atoms with Crippen LogP contribution in [0, 0.1) is 0 Å². The van der Waals surface area contributed by atoms with Gasteiger partial charge in [-0.15, -0.1) is 0 Å². The Morgan fingerprint density at radius 3 is 2.65 bits per heavy atom. The lowest BCUT2D eigenvalue weighted by molar-refractivity contribution is -0.147. The summed E-state index contributed by atoms with van der Waals surface area (Å²) in [4.78, 5) is 24.9. The van der Waals surface area contributed by atoms with Crippen LogP contribution in [0.4, 0.5) is 0 Å². The van der Waals surface area contributed by atoms with Gasteiger partial charge in [0.05, 0.1) is 0 Å². The van der Waals surface area contributed by atoms with Crippen molar-refractivity contribution in [3.8, 4) is 0 Å². The van der Waals surface area contributed by atoms with Crippen LogP contribution in [0.2, 0.25) is 0 Å². The maximum absolute atomic E-state index is 12.4. The fraction of sp³-hybridized carbons (Fsp3) is 0.375. The van der Waals surface area contributed by atoms with E-state index < -0.39 is 11.5 Å². The van der Waals surface area contributed by atoms with E-state index in [1.54, 1.807) is 6.07 Å². The van der Waals surface area contributed by atoms with Crippen molar-refractivity contribution in [3.63, 3.8) is 0 Å². The van der Waals surface area contributed by atoms with Gasteiger partial charge in [-0.2, -0.15) is 0 Å². The van der Waals surface area contributed by atoms with Gasteiger partial charge in [0.15, 0.2) is 0 Å². The molecule has 0 unspecified atom stereocenters. The summed E-state index contributed by atoms with van der Waals surface area (Å²) in [5, 5.41) is 9.20. The first-order chi connectivity index (χ1) is 9.34. The monoisotopic (exact) mass is 273 g/mol. The van der Waals surface area contributed by atoms with Gasteiger partial charge in [-0.25, -0.2) is 4.79 Å². The van der Waals surface area contributed by atoms with E-state index in [2.05, 4.69) is 12.2 Å². The zero-order chi connectivity index (χ0) is 14.9. The SMILES string of the molecule is CN(C(=O)c1ccc2c(c1)CCC=C2)C(C)(C)C(=O)O. The van der Waals surface area contributed by atoms with E-state index in [0.29, 0.717) is 5.56 Å². The maximum atomic E-state index is 12.4. The van der Waals surface area contributed by atoms with Gasteiger partial charge in [0.2, 0.25) is 0 Å². The molecule has 0 aromatic heterocycles. The number of hydrogen-bond donors (Lipinski definition) is 1. The quantitative estimate of drug-likeness (QED) is 0.921. The minimum Gasteiger partial charge on any atom is -0.480 e. The van der Waals surface area contributed by atoms with E-state index in [0.717, 1.165) is 24.0 Å². The van der Waals surface area contributed by atoms with E-state index >= 15 is 0 Å². The van der Waals surface area contributed by atoms with Crippen LogP contribution in [0.15, 0.2) is 24.3 Å². The zero-order valence-corrected chi connectivity index (χ0v) is 12.0. The third kappa shape index (κ3) is 2.46. The predicted octanol–water partition coefficient (Wildman–Crippen LogP) is 2.58.